The van der Waals surface area contributed by atoms with E-state index in [9.17, 15) is 4.79 Å². The number of rotatable bonds is 6. The van der Waals surface area contributed by atoms with Gasteiger partial charge in [0.2, 0.25) is 11.8 Å². The van der Waals surface area contributed by atoms with Crippen LogP contribution >= 0.6 is 23.4 Å². The monoisotopic (exact) mass is 373 g/mol. The van der Waals surface area contributed by atoms with Crippen LogP contribution in [-0.4, -0.2) is 28.4 Å². The van der Waals surface area contributed by atoms with Crippen LogP contribution in [0.15, 0.2) is 64.2 Å². The molecular formula is C18H16ClN3O2S. The van der Waals surface area contributed by atoms with Crippen molar-refractivity contribution in [2.45, 2.75) is 12.1 Å². The van der Waals surface area contributed by atoms with E-state index in [2.05, 4.69) is 10.2 Å². The molecule has 0 bridgehead atoms. The van der Waals surface area contributed by atoms with Gasteiger partial charge in [-0.25, -0.2) is 0 Å². The minimum absolute atomic E-state index is 0.0128. The third-order valence-electron chi connectivity index (χ3n) is 3.48. The third-order valence-corrected chi connectivity index (χ3v) is 4.52. The van der Waals surface area contributed by atoms with E-state index < -0.39 is 0 Å². The van der Waals surface area contributed by atoms with Crippen molar-refractivity contribution in [1.82, 2.24) is 10.2 Å². The molecule has 0 fully saturated rings. The van der Waals surface area contributed by atoms with E-state index in [-0.39, 0.29) is 11.7 Å². The fourth-order valence-corrected chi connectivity index (χ4v) is 3.15. The predicted octanol–water partition coefficient (Wildman–Crippen LogP) is 4.54. The van der Waals surface area contributed by atoms with Crippen LogP contribution in [0.3, 0.4) is 0 Å². The molecule has 1 heterocycles. The van der Waals surface area contributed by atoms with Crippen LogP contribution in [-0.2, 0) is 4.79 Å². The molecule has 0 aliphatic rings. The molecule has 0 atom stereocenters. The summed E-state index contributed by atoms with van der Waals surface area (Å²) in [5.74, 6) is 0.592. The Morgan fingerprint density at radius 2 is 1.96 bits per heavy atom. The summed E-state index contributed by atoms with van der Waals surface area (Å²) >= 11 is 7.19. The molecule has 5 nitrogen and oxygen atoms in total. The molecule has 128 valence electrons. The molecule has 1 amide bonds. The van der Waals surface area contributed by atoms with Gasteiger partial charge in [-0.15, -0.1) is 10.2 Å². The van der Waals surface area contributed by atoms with E-state index in [0.29, 0.717) is 22.7 Å². The summed E-state index contributed by atoms with van der Waals surface area (Å²) in [4.78, 5) is 14.2. The van der Waals surface area contributed by atoms with Crippen LogP contribution in [0.25, 0.3) is 11.5 Å². The predicted molar refractivity (Wildman–Crippen MR) is 99.9 cm³/mol. The smallest absolute Gasteiger partial charge is 0.277 e. The Kier molecular flexibility index (Phi) is 5.73. The Balaban J connectivity index is 1.65. The topological polar surface area (TPSA) is 59.2 Å². The maximum absolute atomic E-state index is 12.5. The number of hydrogen-bond donors (Lipinski definition) is 0. The molecule has 25 heavy (non-hydrogen) atoms. The zero-order chi connectivity index (χ0) is 17.6. The van der Waals surface area contributed by atoms with Gasteiger partial charge in [0.1, 0.15) is 0 Å². The molecule has 0 aliphatic carbocycles. The van der Waals surface area contributed by atoms with Gasteiger partial charge in [-0.3, -0.25) is 4.79 Å². The van der Waals surface area contributed by atoms with Crippen molar-refractivity contribution in [2.75, 3.05) is 17.2 Å². The van der Waals surface area contributed by atoms with Crippen molar-refractivity contribution in [3.8, 4) is 11.5 Å². The number of anilines is 1. The van der Waals surface area contributed by atoms with Crippen molar-refractivity contribution in [3.05, 3.63) is 59.6 Å². The Labute approximate surface area is 155 Å². The van der Waals surface area contributed by atoms with Gasteiger partial charge in [0.25, 0.3) is 5.22 Å². The summed E-state index contributed by atoms with van der Waals surface area (Å²) in [7, 11) is 0. The van der Waals surface area contributed by atoms with Gasteiger partial charge in [0.05, 0.1) is 5.75 Å². The van der Waals surface area contributed by atoms with Gasteiger partial charge >= 0.3 is 0 Å². The summed E-state index contributed by atoms with van der Waals surface area (Å²) in [5, 5.41) is 8.94. The van der Waals surface area contributed by atoms with Gasteiger partial charge < -0.3 is 9.32 Å². The van der Waals surface area contributed by atoms with Gasteiger partial charge in [-0.05, 0) is 37.3 Å². The summed E-state index contributed by atoms with van der Waals surface area (Å²) < 4.78 is 5.61. The molecular weight excluding hydrogens is 358 g/mol. The minimum Gasteiger partial charge on any atom is -0.411 e. The molecule has 0 saturated carbocycles. The Hall–Kier alpha value is -2.31. The fraction of sp³-hybridized carbons (Fsp3) is 0.167. The fourth-order valence-electron chi connectivity index (χ4n) is 2.32. The van der Waals surface area contributed by atoms with E-state index in [1.165, 1.54) is 11.8 Å². The lowest BCUT2D eigenvalue weighted by molar-refractivity contribution is -0.116. The maximum Gasteiger partial charge on any atom is 0.277 e. The zero-order valence-corrected chi connectivity index (χ0v) is 15.1. The summed E-state index contributed by atoms with van der Waals surface area (Å²) in [6.45, 7) is 2.54. The number of hydrogen-bond acceptors (Lipinski definition) is 5. The van der Waals surface area contributed by atoms with Crippen molar-refractivity contribution in [3.63, 3.8) is 0 Å². The Morgan fingerprint density at radius 3 is 2.68 bits per heavy atom. The highest BCUT2D eigenvalue weighted by Crippen LogP contribution is 2.25. The normalized spacial score (nSPS) is 10.6. The molecule has 0 spiro atoms. The van der Waals surface area contributed by atoms with Crippen molar-refractivity contribution >= 4 is 35.0 Å². The number of amides is 1. The first-order chi connectivity index (χ1) is 12.2. The van der Waals surface area contributed by atoms with Crippen LogP contribution in [0, 0.1) is 0 Å². The second-order valence-electron chi connectivity index (χ2n) is 5.15. The summed E-state index contributed by atoms with van der Waals surface area (Å²) in [6.07, 6.45) is 0. The quantitative estimate of drug-likeness (QED) is 0.594. The molecule has 0 aliphatic heterocycles. The number of thioether (sulfide) groups is 1. The number of carbonyl (C=O) groups is 1. The number of carbonyl (C=O) groups excluding carboxylic acids is 1. The molecule has 2 aromatic carbocycles. The lowest BCUT2D eigenvalue weighted by Crippen LogP contribution is -2.32. The first-order valence-electron chi connectivity index (χ1n) is 7.75. The van der Waals surface area contributed by atoms with Gasteiger partial charge in [0, 0.05) is 22.8 Å². The number of benzene rings is 2. The average Bonchev–Trinajstić information content (AvgIpc) is 3.11. The van der Waals surface area contributed by atoms with Crippen molar-refractivity contribution in [2.24, 2.45) is 0 Å². The largest absolute Gasteiger partial charge is 0.411 e. The highest BCUT2D eigenvalue weighted by Gasteiger charge is 2.16. The molecule has 3 rings (SSSR count). The Bertz CT molecular complexity index is 854. The summed E-state index contributed by atoms with van der Waals surface area (Å²) in [6, 6.07) is 16.8. The van der Waals surface area contributed by atoms with E-state index in [0.717, 1.165) is 11.3 Å². The lowest BCUT2D eigenvalue weighted by atomic mass is 10.2. The highest BCUT2D eigenvalue weighted by atomic mass is 35.5. The average molecular weight is 374 g/mol. The number of nitrogens with zero attached hydrogens (tertiary/aromatic N) is 3. The molecule has 7 heteroatoms. The van der Waals surface area contributed by atoms with Crippen LogP contribution in [0.5, 0.6) is 0 Å². The molecule has 0 saturated heterocycles. The van der Waals surface area contributed by atoms with Gasteiger partial charge in [0.15, 0.2) is 0 Å². The molecule has 0 unspecified atom stereocenters. The van der Waals surface area contributed by atoms with Crippen LogP contribution in [0.4, 0.5) is 5.69 Å². The standard InChI is InChI=1S/C18H16ClN3O2S/c1-2-22(15-9-4-3-5-10-15)16(23)12-25-18-21-20-17(24-18)13-7-6-8-14(19)11-13/h3-11H,2,12H2,1H3. The Morgan fingerprint density at radius 1 is 1.16 bits per heavy atom. The third kappa shape index (κ3) is 4.41. The van der Waals surface area contributed by atoms with Crippen molar-refractivity contribution < 1.29 is 9.21 Å². The second-order valence-corrected chi connectivity index (χ2v) is 6.51. The first kappa shape index (κ1) is 17.5. The number of aromatic nitrogens is 2. The highest BCUT2D eigenvalue weighted by molar-refractivity contribution is 7.99. The maximum atomic E-state index is 12.5. The number of halogens is 1. The SMILES string of the molecule is CCN(C(=O)CSc1nnc(-c2cccc(Cl)c2)o1)c1ccccc1. The van der Waals surface area contributed by atoms with Gasteiger partial charge in [-0.1, -0.05) is 47.6 Å². The molecule has 3 aromatic rings. The van der Waals surface area contributed by atoms with Gasteiger partial charge in [-0.2, -0.15) is 0 Å². The van der Waals surface area contributed by atoms with E-state index in [1.54, 1.807) is 17.0 Å². The molecule has 1 aromatic heterocycles. The van der Waals surface area contributed by atoms with Crippen molar-refractivity contribution in [1.29, 1.82) is 0 Å². The van der Waals surface area contributed by atoms with E-state index in [1.807, 2.05) is 49.4 Å². The van der Waals surface area contributed by atoms with Crippen LogP contribution < -0.4 is 4.90 Å². The minimum atomic E-state index is -0.0128. The van der Waals surface area contributed by atoms with Crippen LogP contribution in [0.2, 0.25) is 5.02 Å². The molecule has 0 radical (unpaired) electrons. The number of para-hydroxylation sites is 1. The lowest BCUT2D eigenvalue weighted by Gasteiger charge is -2.20. The van der Waals surface area contributed by atoms with E-state index >= 15 is 0 Å². The molecule has 0 N–H and O–H groups in total. The second kappa shape index (κ2) is 8.18. The zero-order valence-electron chi connectivity index (χ0n) is 13.6. The van der Waals surface area contributed by atoms with E-state index in [4.69, 9.17) is 16.0 Å². The first-order valence-corrected chi connectivity index (χ1v) is 9.11. The summed E-state index contributed by atoms with van der Waals surface area (Å²) in [5.41, 5.74) is 1.62. The van der Waals surface area contributed by atoms with Crippen LogP contribution in [0.1, 0.15) is 6.92 Å².